The molecule has 7 aromatic rings. The normalized spacial score (nSPS) is 11.2. The first-order valence-electron chi connectivity index (χ1n) is 12.6. The van der Waals surface area contributed by atoms with Crippen LogP contribution in [-0.2, 0) is 0 Å². The Morgan fingerprint density at radius 2 is 0.974 bits per heavy atom. The summed E-state index contributed by atoms with van der Waals surface area (Å²) in [5.74, 6) is 0. The molecule has 0 atom stereocenters. The highest BCUT2D eigenvalue weighted by Crippen LogP contribution is 2.31. The first-order valence-corrected chi connectivity index (χ1v) is 12.6. The number of pyridine rings is 4. The summed E-state index contributed by atoms with van der Waals surface area (Å²) in [4.78, 5) is 19.0. The molecule has 0 unspecified atom stereocenters. The van der Waals surface area contributed by atoms with Crippen LogP contribution < -0.4 is 0 Å². The molecule has 0 spiro atoms. The quantitative estimate of drug-likeness (QED) is 0.235. The minimum absolute atomic E-state index is 0.897. The van der Waals surface area contributed by atoms with Gasteiger partial charge in [0.2, 0.25) is 0 Å². The number of nitrogens with zero attached hydrogens (tertiary/aromatic N) is 4. The van der Waals surface area contributed by atoms with Crippen molar-refractivity contribution in [3.63, 3.8) is 0 Å². The maximum atomic E-state index is 5.12. The summed E-state index contributed by atoms with van der Waals surface area (Å²) in [5, 5.41) is 2.13. The smallest absolute Gasteiger partial charge is 0.0972 e. The third-order valence-electron chi connectivity index (χ3n) is 6.79. The lowest BCUT2D eigenvalue weighted by Gasteiger charge is -2.10. The number of hydrogen-bond acceptors (Lipinski definition) is 4. The van der Waals surface area contributed by atoms with Gasteiger partial charge in [-0.05, 0) is 48.0 Å². The second-order valence-corrected chi connectivity index (χ2v) is 9.22. The van der Waals surface area contributed by atoms with Crippen molar-refractivity contribution in [2.75, 3.05) is 0 Å². The van der Waals surface area contributed by atoms with Crippen molar-refractivity contribution in [2.45, 2.75) is 0 Å². The van der Waals surface area contributed by atoms with E-state index in [0.29, 0.717) is 0 Å². The molecule has 0 saturated carbocycles. The van der Waals surface area contributed by atoms with E-state index < -0.39 is 0 Å². The summed E-state index contributed by atoms with van der Waals surface area (Å²) < 4.78 is 0. The number of benzene rings is 3. The highest BCUT2D eigenvalue weighted by Gasteiger charge is 2.10. The molecule has 0 saturated heterocycles. The standard InChI is InChI=1S/C34H22N4/c1-2-19-36-30(11-1)26-7-4-9-28(21-26)32-17-15-24-13-12-23-14-16-31(37-33(23)34(24)38-32)27-8-3-6-25(20-27)29-10-5-18-35-22-29/h1-22H. The summed E-state index contributed by atoms with van der Waals surface area (Å²) in [7, 11) is 0. The van der Waals surface area contributed by atoms with Crippen LogP contribution in [-0.4, -0.2) is 19.9 Å². The molecule has 0 aliphatic rings. The highest BCUT2D eigenvalue weighted by molar-refractivity contribution is 6.04. The Kier molecular flexibility index (Phi) is 5.41. The molecule has 7 rings (SSSR count). The second kappa shape index (κ2) is 9.34. The van der Waals surface area contributed by atoms with E-state index >= 15 is 0 Å². The largest absolute Gasteiger partial charge is 0.264 e. The van der Waals surface area contributed by atoms with Gasteiger partial charge in [-0.15, -0.1) is 0 Å². The monoisotopic (exact) mass is 486 g/mol. The number of aromatic nitrogens is 4. The SMILES string of the molecule is c1ccc(-c2cccc(-c3ccc4ccc5ccc(-c6cccc(-c7cccnc7)c6)nc5c4n3)c2)nc1. The van der Waals surface area contributed by atoms with Gasteiger partial charge in [0.1, 0.15) is 0 Å². The maximum absolute atomic E-state index is 5.12. The first-order chi connectivity index (χ1) is 18.8. The fraction of sp³-hybridized carbons (Fsp3) is 0. The lowest BCUT2D eigenvalue weighted by molar-refractivity contribution is 1.32. The highest BCUT2D eigenvalue weighted by atomic mass is 14.8. The van der Waals surface area contributed by atoms with E-state index in [2.05, 4.69) is 101 Å². The molecule has 4 nitrogen and oxygen atoms in total. The average Bonchev–Trinajstić information content (AvgIpc) is 3.01. The molecule has 0 N–H and O–H groups in total. The van der Waals surface area contributed by atoms with E-state index in [9.17, 15) is 0 Å². The van der Waals surface area contributed by atoms with Crippen molar-refractivity contribution in [3.05, 3.63) is 134 Å². The molecule has 3 aromatic carbocycles. The Hall–Kier alpha value is -5.22. The zero-order valence-corrected chi connectivity index (χ0v) is 20.5. The van der Waals surface area contributed by atoms with Gasteiger partial charge in [-0.1, -0.05) is 72.8 Å². The van der Waals surface area contributed by atoms with Gasteiger partial charge in [-0.2, -0.15) is 0 Å². The number of hydrogen-bond donors (Lipinski definition) is 0. The van der Waals surface area contributed by atoms with Crippen LogP contribution in [0.5, 0.6) is 0 Å². The maximum Gasteiger partial charge on any atom is 0.0972 e. The van der Waals surface area contributed by atoms with Crippen molar-refractivity contribution in [2.24, 2.45) is 0 Å². The first kappa shape index (κ1) is 22.0. The molecular weight excluding hydrogens is 464 g/mol. The van der Waals surface area contributed by atoms with Gasteiger partial charge in [0.25, 0.3) is 0 Å². The topological polar surface area (TPSA) is 51.6 Å². The minimum Gasteiger partial charge on any atom is -0.264 e. The molecule has 38 heavy (non-hydrogen) atoms. The van der Waals surface area contributed by atoms with Gasteiger partial charge in [0.05, 0.1) is 28.1 Å². The zero-order chi connectivity index (χ0) is 25.3. The number of rotatable bonds is 4. The van der Waals surface area contributed by atoms with E-state index in [1.54, 1.807) is 6.20 Å². The summed E-state index contributed by atoms with van der Waals surface area (Å²) in [6.07, 6.45) is 5.49. The summed E-state index contributed by atoms with van der Waals surface area (Å²) in [5.41, 5.74) is 9.94. The minimum atomic E-state index is 0.897. The van der Waals surface area contributed by atoms with Crippen LogP contribution >= 0.6 is 0 Å². The Labute approximate surface area is 220 Å². The van der Waals surface area contributed by atoms with Crippen molar-refractivity contribution in [1.82, 2.24) is 19.9 Å². The van der Waals surface area contributed by atoms with Crippen molar-refractivity contribution in [1.29, 1.82) is 0 Å². The van der Waals surface area contributed by atoms with Crippen LogP contribution in [0.2, 0.25) is 0 Å². The van der Waals surface area contributed by atoms with Crippen LogP contribution in [0.15, 0.2) is 134 Å². The van der Waals surface area contributed by atoms with E-state index in [1.165, 1.54) is 0 Å². The Bertz CT molecular complexity index is 1770. The van der Waals surface area contributed by atoms with Gasteiger partial charge < -0.3 is 0 Å². The molecule has 4 heterocycles. The predicted molar refractivity (Wildman–Crippen MR) is 154 cm³/mol. The Morgan fingerprint density at radius 3 is 1.58 bits per heavy atom. The fourth-order valence-corrected chi connectivity index (χ4v) is 4.85. The van der Waals surface area contributed by atoms with Gasteiger partial charge in [0.15, 0.2) is 0 Å². The summed E-state index contributed by atoms with van der Waals surface area (Å²) in [6.45, 7) is 0. The van der Waals surface area contributed by atoms with Crippen LogP contribution in [0.3, 0.4) is 0 Å². The molecule has 0 fully saturated rings. The molecular formula is C34H22N4. The van der Waals surface area contributed by atoms with Crippen molar-refractivity contribution in [3.8, 4) is 44.9 Å². The third kappa shape index (κ3) is 4.08. The van der Waals surface area contributed by atoms with Crippen LogP contribution in [0.4, 0.5) is 0 Å². The number of fused-ring (bicyclic) bond motifs is 3. The van der Waals surface area contributed by atoms with Gasteiger partial charge in [-0.3, -0.25) is 9.97 Å². The summed E-state index contributed by atoms with van der Waals surface area (Å²) in [6, 6.07) is 39.4. The van der Waals surface area contributed by atoms with Crippen LogP contribution in [0, 0.1) is 0 Å². The summed E-state index contributed by atoms with van der Waals surface area (Å²) >= 11 is 0. The molecule has 178 valence electrons. The molecule has 0 amide bonds. The molecule has 0 radical (unpaired) electrons. The van der Waals surface area contributed by atoms with E-state index in [1.807, 2.05) is 36.7 Å². The Morgan fingerprint density at radius 1 is 0.395 bits per heavy atom. The van der Waals surface area contributed by atoms with E-state index in [4.69, 9.17) is 9.97 Å². The zero-order valence-electron chi connectivity index (χ0n) is 20.5. The molecule has 0 aliphatic heterocycles. The molecule has 0 bridgehead atoms. The molecule has 0 aliphatic carbocycles. The van der Waals surface area contributed by atoms with Crippen LogP contribution in [0.1, 0.15) is 0 Å². The second-order valence-electron chi connectivity index (χ2n) is 9.22. The van der Waals surface area contributed by atoms with Gasteiger partial charge in [-0.25, -0.2) is 9.97 Å². The third-order valence-corrected chi connectivity index (χ3v) is 6.79. The van der Waals surface area contributed by atoms with Gasteiger partial charge in [0, 0.05) is 51.6 Å². The van der Waals surface area contributed by atoms with E-state index in [0.717, 1.165) is 66.7 Å². The van der Waals surface area contributed by atoms with Crippen molar-refractivity contribution >= 4 is 21.8 Å². The lowest BCUT2D eigenvalue weighted by Crippen LogP contribution is -1.92. The van der Waals surface area contributed by atoms with Gasteiger partial charge >= 0.3 is 0 Å². The molecule has 4 heteroatoms. The average molecular weight is 487 g/mol. The van der Waals surface area contributed by atoms with Crippen molar-refractivity contribution < 1.29 is 0 Å². The molecule has 4 aromatic heterocycles. The van der Waals surface area contributed by atoms with E-state index in [-0.39, 0.29) is 0 Å². The van der Waals surface area contributed by atoms with Crippen LogP contribution in [0.25, 0.3) is 66.7 Å². The Balaban J connectivity index is 1.34. The fourth-order valence-electron chi connectivity index (χ4n) is 4.85. The predicted octanol–water partition coefficient (Wildman–Crippen LogP) is 8.24. The lowest BCUT2D eigenvalue weighted by atomic mass is 10.0.